The standard InChI is InChI=1S/C23H23N7O5S/c1-3-35-19-11-6-8-15(25-19)22-27-21-23(30(22)20-16(31)9-7-10-17(20)34-2)26-18(14-24-21)28-36(32,33)29-12-4-5-13-29/h7,9-11,14,31H,3-5,12-13H2,1-2H3,(H,26,28). The highest BCUT2D eigenvalue weighted by Crippen LogP contribution is 2.36. The monoisotopic (exact) mass is 509 g/mol. The number of anilines is 1. The third-order valence-electron chi connectivity index (χ3n) is 5.54. The van der Waals surface area contributed by atoms with Gasteiger partial charge in [0.1, 0.15) is 17.2 Å². The van der Waals surface area contributed by atoms with Gasteiger partial charge in [-0.1, -0.05) is 11.8 Å². The first-order valence-electron chi connectivity index (χ1n) is 11.2. The molecule has 2 aromatic heterocycles. The smallest absolute Gasteiger partial charge is 0.302 e. The Balaban J connectivity index is 1.71. The van der Waals surface area contributed by atoms with Gasteiger partial charge in [0.25, 0.3) is 0 Å². The van der Waals surface area contributed by atoms with Gasteiger partial charge in [-0.2, -0.15) is 12.7 Å². The van der Waals surface area contributed by atoms with E-state index in [1.165, 1.54) is 28.2 Å². The lowest BCUT2D eigenvalue weighted by atomic mass is 10.2. The highest BCUT2D eigenvalue weighted by atomic mass is 32.2. The first kappa shape index (κ1) is 23.6. The fourth-order valence-electron chi connectivity index (χ4n) is 3.96. The van der Waals surface area contributed by atoms with Gasteiger partial charge in [-0.15, -0.1) is 0 Å². The van der Waals surface area contributed by atoms with Gasteiger partial charge >= 0.3 is 10.2 Å². The van der Waals surface area contributed by atoms with Crippen molar-refractivity contribution in [3.8, 4) is 17.2 Å². The van der Waals surface area contributed by atoms with Crippen molar-refractivity contribution < 1.29 is 23.0 Å². The quantitative estimate of drug-likeness (QED) is 0.462. The molecule has 0 spiro atoms. The maximum atomic E-state index is 12.8. The Hall–Kier alpha value is -4.15. The van der Waals surface area contributed by atoms with E-state index in [1.807, 2.05) is 6.92 Å². The summed E-state index contributed by atoms with van der Waals surface area (Å²) in [6, 6.07) is 4.78. The van der Waals surface area contributed by atoms with Crippen LogP contribution in [0, 0.1) is 0 Å². The number of rotatable bonds is 7. The summed E-state index contributed by atoms with van der Waals surface area (Å²) < 4.78 is 41.9. The highest BCUT2D eigenvalue weighted by molar-refractivity contribution is 7.90. The molecule has 0 saturated carbocycles. The first-order valence-corrected chi connectivity index (χ1v) is 12.7. The van der Waals surface area contributed by atoms with Gasteiger partial charge in [-0.05, 0) is 37.6 Å². The van der Waals surface area contributed by atoms with Gasteiger partial charge in [0.15, 0.2) is 28.6 Å². The van der Waals surface area contributed by atoms with Gasteiger partial charge in [-0.25, -0.2) is 19.9 Å². The number of fused-ring (bicyclic) bond motifs is 1. The third kappa shape index (κ3) is 4.32. The number of nitrogens with zero attached hydrogens (tertiary/aromatic N) is 6. The Bertz CT molecular complexity index is 1580. The number of aromatic nitrogens is 4. The van der Waals surface area contributed by atoms with Crippen molar-refractivity contribution in [2.75, 3.05) is 31.5 Å². The molecule has 2 aliphatic heterocycles. The molecule has 2 N–H and O–H groups in total. The molecule has 2 aliphatic rings. The minimum atomic E-state index is -3.80. The zero-order chi connectivity index (χ0) is 25.3. The molecule has 0 amide bonds. The van der Waals surface area contributed by atoms with Gasteiger partial charge < -0.3 is 14.6 Å². The Morgan fingerprint density at radius 2 is 2.03 bits per heavy atom. The molecule has 0 bridgehead atoms. The fourth-order valence-corrected chi connectivity index (χ4v) is 5.19. The SMILES string of the molecule is CCOC1=NC(c2nc3ncc(NS(=O)(=O)N4CCCC4)nc3n2-c2c(O)cccc2OC)=C=C=C1. The number of imidazole rings is 1. The van der Waals surface area contributed by atoms with Crippen LogP contribution >= 0.6 is 0 Å². The molecule has 5 rings (SSSR count). The van der Waals surface area contributed by atoms with Crippen LogP contribution in [0.15, 0.2) is 46.9 Å². The molecule has 12 nitrogen and oxygen atoms in total. The van der Waals surface area contributed by atoms with Crippen molar-refractivity contribution in [2.24, 2.45) is 4.99 Å². The number of hydrogen-bond acceptors (Lipinski definition) is 9. The molecule has 0 atom stereocenters. The number of phenols is 1. The Morgan fingerprint density at radius 1 is 1.22 bits per heavy atom. The zero-order valence-corrected chi connectivity index (χ0v) is 20.4. The van der Waals surface area contributed by atoms with Crippen molar-refractivity contribution in [3.05, 3.63) is 47.8 Å². The topological polar surface area (TPSA) is 144 Å². The fraction of sp³-hybridized carbons (Fsp3) is 0.304. The molecule has 1 aromatic carbocycles. The van der Waals surface area contributed by atoms with E-state index in [2.05, 4.69) is 36.1 Å². The van der Waals surface area contributed by atoms with Crippen LogP contribution in [0.4, 0.5) is 5.82 Å². The predicted octanol–water partition coefficient (Wildman–Crippen LogP) is 2.38. The average Bonchev–Trinajstić information content (AvgIpc) is 3.53. The maximum Gasteiger partial charge on any atom is 0.302 e. The molecule has 4 heterocycles. The molecule has 36 heavy (non-hydrogen) atoms. The van der Waals surface area contributed by atoms with Crippen LogP contribution in [0.5, 0.6) is 11.5 Å². The Labute approximate surface area is 207 Å². The highest BCUT2D eigenvalue weighted by Gasteiger charge is 2.28. The Morgan fingerprint density at radius 3 is 2.78 bits per heavy atom. The number of methoxy groups -OCH3 is 1. The summed E-state index contributed by atoms with van der Waals surface area (Å²) >= 11 is 0. The number of para-hydroxylation sites is 1. The molecule has 0 radical (unpaired) electrons. The van der Waals surface area contributed by atoms with Crippen LogP contribution in [0.2, 0.25) is 0 Å². The lowest BCUT2D eigenvalue weighted by Crippen LogP contribution is -2.33. The number of phenolic OH excluding ortho intramolecular Hbond substituents is 1. The second-order valence-electron chi connectivity index (χ2n) is 7.86. The second kappa shape index (κ2) is 9.48. The van der Waals surface area contributed by atoms with Crippen LogP contribution in [-0.2, 0) is 14.9 Å². The second-order valence-corrected chi connectivity index (χ2v) is 9.53. The molecule has 13 heteroatoms. The lowest BCUT2D eigenvalue weighted by Gasteiger charge is -2.16. The number of benzene rings is 1. The third-order valence-corrected chi connectivity index (χ3v) is 7.05. The summed E-state index contributed by atoms with van der Waals surface area (Å²) in [5.41, 5.74) is 6.60. The molecular weight excluding hydrogens is 486 g/mol. The minimum Gasteiger partial charge on any atom is -0.506 e. The largest absolute Gasteiger partial charge is 0.506 e. The molecular formula is C23H23N7O5S. The van der Waals surface area contributed by atoms with Gasteiger partial charge in [0.05, 0.1) is 26.0 Å². The van der Waals surface area contributed by atoms with E-state index in [0.29, 0.717) is 31.3 Å². The summed E-state index contributed by atoms with van der Waals surface area (Å²) in [6.07, 6.45) is 4.44. The van der Waals surface area contributed by atoms with Crippen LogP contribution in [0.1, 0.15) is 25.6 Å². The van der Waals surface area contributed by atoms with Crippen LogP contribution in [-0.4, -0.2) is 70.1 Å². The van der Waals surface area contributed by atoms with Crippen LogP contribution in [0.3, 0.4) is 0 Å². The predicted molar refractivity (Wildman–Crippen MR) is 132 cm³/mol. The summed E-state index contributed by atoms with van der Waals surface area (Å²) in [5, 5.41) is 10.8. The summed E-state index contributed by atoms with van der Waals surface area (Å²) in [6.45, 7) is 3.11. The summed E-state index contributed by atoms with van der Waals surface area (Å²) in [7, 11) is -2.34. The number of ether oxygens (including phenoxy) is 2. The van der Waals surface area contributed by atoms with E-state index in [0.717, 1.165) is 12.8 Å². The van der Waals surface area contributed by atoms with Crippen molar-refractivity contribution in [3.63, 3.8) is 0 Å². The minimum absolute atomic E-state index is 0.00283. The zero-order valence-electron chi connectivity index (χ0n) is 19.6. The molecule has 186 valence electrons. The summed E-state index contributed by atoms with van der Waals surface area (Å²) in [4.78, 5) is 17.8. The van der Waals surface area contributed by atoms with Gasteiger partial charge in [0.2, 0.25) is 5.90 Å². The Kier molecular flexibility index (Phi) is 6.21. The van der Waals surface area contributed by atoms with Crippen molar-refractivity contribution in [2.45, 2.75) is 19.8 Å². The van der Waals surface area contributed by atoms with Gasteiger partial charge in [0, 0.05) is 13.1 Å². The number of aliphatic imine (C=N–C) groups is 1. The lowest BCUT2D eigenvalue weighted by molar-refractivity contribution is 0.330. The molecule has 0 aliphatic carbocycles. The molecule has 1 fully saturated rings. The van der Waals surface area contributed by atoms with Gasteiger partial charge in [-0.3, -0.25) is 9.29 Å². The first-order chi connectivity index (χ1) is 17.4. The van der Waals surface area contributed by atoms with Crippen molar-refractivity contribution >= 4 is 38.9 Å². The molecule has 1 saturated heterocycles. The van der Waals surface area contributed by atoms with E-state index in [1.54, 1.807) is 18.2 Å². The van der Waals surface area contributed by atoms with Crippen molar-refractivity contribution in [1.29, 1.82) is 0 Å². The number of aromatic hydroxyl groups is 1. The summed E-state index contributed by atoms with van der Waals surface area (Å²) in [5.74, 6) is 0.745. The molecule has 0 unspecified atom stereocenters. The van der Waals surface area contributed by atoms with E-state index in [-0.39, 0.29) is 40.1 Å². The van der Waals surface area contributed by atoms with E-state index in [9.17, 15) is 13.5 Å². The normalized spacial score (nSPS) is 15.7. The maximum absolute atomic E-state index is 12.8. The number of nitrogens with one attached hydrogen (secondary N) is 1. The average molecular weight is 510 g/mol. The van der Waals surface area contributed by atoms with Crippen LogP contribution in [0.25, 0.3) is 22.7 Å². The van der Waals surface area contributed by atoms with Crippen LogP contribution < -0.4 is 9.46 Å². The molecule has 3 aromatic rings. The van der Waals surface area contributed by atoms with E-state index < -0.39 is 10.2 Å². The number of hydrogen-bond donors (Lipinski definition) is 2. The van der Waals surface area contributed by atoms with Crippen molar-refractivity contribution in [1.82, 2.24) is 23.8 Å². The van der Waals surface area contributed by atoms with E-state index in [4.69, 9.17) is 9.47 Å². The van der Waals surface area contributed by atoms with E-state index >= 15 is 0 Å².